The second-order valence-corrected chi connectivity index (χ2v) is 5.41. The first-order valence-electron chi connectivity index (χ1n) is 7.35. The number of furan rings is 1. The number of guanidine groups is 1. The van der Waals surface area contributed by atoms with Gasteiger partial charge >= 0.3 is 0 Å². The Bertz CT molecular complexity index is 481. The van der Waals surface area contributed by atoms with Gasteiger partial charge in [0, 0.05) is 33.6 Å². The van der Waals surface area contributed by atoms with Crippen LogP contribution in [0.15, 0.2) is 27.8 Å². The van der Waals surface area contributed by atoms with E-state index in [-0.39, 0.29) is 12.5 Å². The lowest BCUT2D eigenvalue weighted by Crippen LogP contribution is -2.40. The van der Waals surface area contributed by atoms with Crippen LogP contribution in [0.25, 0.3) is 0 Å². The Balaban J connectivity index is 2.56. The van der Waals surface area contributed by atoms with E-state index in [4.69, 9.17) is 4.42 Å². The van der Waals surface area contributed by atoms with E-state index < -0.39 is 5.60 Å². The second-order valence-electron chi connectivity index (χ2n) is 5.41. The van der Waals surface area contributed by atoms with Crippen LogP contribution in [0.1, 0.15) is 26.0 Å². The number of amides is 1. The summed E-state index contributed by atoms with van der Waals surface area (Å²) in [6, 6.07) is 3.44. The summed E-state index contributed by atoms with van der Waals surface area (Å²) in [5, 5.41) is 16.5. The van der Waals surface area contributed by atoms with Crippen molar-refractivity contribution in [1.82, 2.24) is 15.5 Å². The predicted molar refractivity (Wildman–Crippen MR) is 85.6 cm³/mol. The Hall–Kier alpha value is -2.02. The van der Waals surface area contributed by atoms with Gasteiger partial charge < -0.3 is 25.1 Å². The molecule has 0 fully saturated rings. The molecule has 0 spiro atoms. The third-order valence-electron chi connectivity index (χ3n) is 3.07. The van der Waals surface area contributed by atoms with Gasteiger partial charge in [0.2, 0.25) is 5.91 Å². The summed E-state index contributed by atoms with van der Waals surface area (Å²) in [6.07, 6.45) is 1.90. The van der Waals surface area contributed by atoms with Gasteiger partial charge in [-0.05, 0) is 26.0 Å². The van der Waals surface area contributed by atoms with E-state index in [0.29, 0.717) is 31.2 Å². The van der Waals surface area contributed by atoms with E-state index in [9.17, 15) is 9.90 Å². The van der Waals surface area contributed by atoms with Gasteiger partial charge in [0.05, 0.1) is 12.8 Å². The average Bonchev–Trinajstić information content (AvgIpc) is 2.99. The molecule has 0 radical (unpaired) electrons. The second kappa shape index (κ2) is 8.43. The van der Waals surface area contributed by atoms with E-state index in [0.717, 1.165) is 0 Å². The van der Waals surface area contributed by atoms with Crippen LogP contribution in [0.4, 0.5) is 0 Å². The fraction of sp³-hybridized carbons (Fsp3) is 0.600. The van der Waals surface area contributed by atoms with Gasteiger partial charge in [-0.15, -0.1) is 0 Å². The quantitative estimate of drug-likeness (QED) is 0.505. The molecule has 0 saturated carbocycles. The van der Waals surface area contributed by atoms with Crippen molar-refractivity contribution in [3.05, 3.63) is 24.2 Å². The molecule has 1 aromatic rings. The fourth-order valence-corrected chi connectivity index (χ4v) is 1.75. The Morgan fingerprint density at radius 2 is 2.18 bits per heavy atom. The van der Waals surface area contributed by atoms with Crippen molar-refractivity contribution in [1.29, 1.82) is 0 Å². The van der Waals surface area contributed by atoms with Crippen LogP contribution in [0.3, 0.4) is 0 Å². The Morgan fingerprint density at radius 3 is 2.73 bits per heavy atom. The Kier molecular flexibility index (Phi) is 6.91. The molecule has 1 atom stereocenters. The van der Waals surface area contributed by atoms with Crippen LogP contribution in [-0.2, 0) is 10.4 Å². The molecule has 7 nitrogen and oxygen atoms in total. The first-order valence-corrected chi connectivity index (χ1v) is 7.35. The zero-order chi connectivity index (χ0) is 16.6. The van der Waals surface area contributed by atoms with Crippen molar-refractivity contribution in [3.63, 3.8) is 0 Å². The summed E-state index contributed by atoms with van der Waals surface area (Å²) in [4.78, 5) is 17.4. The van der Waals surface area contributed by atoms with E-state index >= 15 is 0 Å². The van der Waals surface area contributed by atoms with Crippen molar-refractivity contribution in [2.24, 2.45) is 4.99 Å². The molecule has 1 heterocycles. The van der Waals surface area contributed by atoms with E-state index in [1.807, 2.05) is 6.92 Å². The molecule has 3 N–H and O–H groups in total. The molecule has 7 heteroatoms. The smallest absolute Gasteiger partial charge is 0.223 e. The highest BCUT2D eigenvalue weighted by Gasteiger charge is 2.26. The van der Waals surface area contributed by atoms with Gasteiger partial charge in [-0.2, -0.15) is 0 Å². The minimum absolute atomic E-state index is 0.0472. The molecular weight excluding hydrogens is 284 g/mol. The van der Waals surface area contributed by atoms with Crippen LogP contribution < -0.4 is 10.6 Å². The van der Waals surface area contributed by atoms with Crippen LogP contribution in [0.2, 0.25) is 0 Å². The van der Waals surface area contributed by atoms with Gasteiger partial charge in [-0.1, -0.05) is 0 Å². The molecule has 0 aliphatic carbocycles. The molecular formula is C15H26N4O3. The van der Waals surface area contributed by atoms with Crippen LogP contribution >= 0.6 is 0 Å². The monoisotopic (exact) mass is 310 g/mol. The molecule has 1 amide bonds. The predicted octanol–water partition coefficient (Wildman–Crippen LogP) is 0.521. The van der Waals surface area contributed by atoms with E-state index in [2.05, 4.69) is 15.6 Å². The zero-order valence-electron chi connectivity index (χ0n) is 13.7. The normalized spacial score (nSPS) is 14.3. The third kappa shape index (κ3) is 5.77. The number of carbonyl (C=O) groups excluding carboxylic acids is 1. The molecule has 124 valence electrons. The number of nitrogens with zero attached hydrogens (tertiary/aromatic N) is 2. The molecule has 1 aromatic heterocycles. The van der Waals surface area contributed by atoms with Crippen molar-refractivity contribution < 1.29 is 14.3 Å². The van der Waals surface area contributed by atoms with Crippen LogP contribution in [0, 0.1) is 0 Å². The summed E-state index contributed by atoms with van der Waals surface area (Å²) >= 11 is 0. The first-order chi connectivity index (χ1) is 10.4. The summed E-state index contributed by atoms with van der Waals surface area (Å²) in [5.41, 5.74) is -1.18. The van der Waals surface area contributed by atoms with Gasteiger partial charge in [0.25, 0.3) is 0 Å². The highest BCUT2D eigenvalue weighted by atomic mass is 16.4. The van der Waals surface area contributed by atoms with Crippen molar-refractivity contribution in [2.75, 3.05) is 33.7 Å². The van der Waals surface area contributed by atoms with Crippen LogP contribution in [0.5, 0.6) is 0 Å². The van der Waals surface area contributed by atoms with Gasteiger partial charge in [-0.3, -0.25) is 4.79 Å². The van der Waals surface area contributed by atoms with E-state index in [1.54, 1.807) is 38.1 Å². The van der Waals surface area contributed by atoms with Crippen LogP contribution in [-0.4, -0.2) is 55.6 Å². The van der Waals surface area contributed by atoms with Crippen molar-refractivity contribution in [2.45, 2.75) is 25.9 Å². The Morgan fingerprint density at radius 1 is 1.45 bits per heavy atom. The summed E-state index contributed by atoms with van der Waals surface area (Å²) in [7, 11) is 3.45. The van der Waals surface area contributed by atoms with E-state index in [1.165, 1.54) is 6.26 Å². The molecule has 1 rings (SSSR count). The number of aliphatic imine (C=N–C) groups is 1. The average molecular weight is 310 g/mol. The van der Waals surface area contributed by atoms with Gasteiger partial charge in [0.1, 0.15) is 11.4 Å². The lowest BCUT2D eigenvalue weighted by molar-refractivity contribution is -0.128. The van der Waals surface area contributed by atoms with Crippen molar-refractivity contribution >= 4 is 11.9 Å². The van der Waals surface area contributed by atoms with Gasteiger partial charge in [-0.25, -0.2) is 4.99 Å². The Labute approximate surface area is 131 Å². The molecule has 0 saturated heterocycles. The SMILES string of the molecule is CCNC(=NCC(C)(O)c1ccco1)NCCC(=O)N(C)C. The maximum atomic E-state index is 11.5. The summed E-state index contributed by atoms with van der Waals surface area (Å²) in [6.45, 7) is 4.92. The largest absolute Gasteiger partial charge is 0.466 e. The molecule has 1 unspecified atom stereocenters. The molecule has 0 aliphatic heterocycles. The maximum absolute atomic E-state index is 11.5. The van der Waals surface area contributed by atoms with Crippen molar-refractivity contribution in [3.8, 4) is 0 Å². The standard InChI is InChI=1S/C15H26N4O3/c1-5-16-14(17-9-8-13(20)19(3)4)18-11-15(2,21)12-7-6-10-22-12/h6-7,10,21H,5,8-9,11H2,1-4H3,(H2,16,17,18). The third-order valence-corrected chi connectivity index (χ3v) is 3.07. The number of hydrogen-bond donors (Lipinski definition) is 3. The zero-order valence-corrected chi connectivity index (χ0v) is 13.7. The summed E-state index contributed by atoms with van der Waals surface area (Å²) < 4.78 is 5.22. The van der Waals surface area contributed by atoms with Gasteiger partial charge in [0.15, 0.2) is 5.96 Å². The number of rotatable bonds is 7. The molecule has 0 aliphatic rings. The maximum Gasteiger partial charge on any atom is 0.223 e. The highest BCUT2D eigenvalue weighted by molar-refractivity contribution is 5.81. The number of carbonyl (C=O) groups is 1. The number of hydrogen-bond acceptors (Lipinski definition) is 4. The molecule has 0 bridgehead atoms. The number of nitrogens with one attached hydrogen (secondary N) is 2. The minimum atomic E-state index is -1.18. The summed E-state index contributed by atoms with van der Waals surface area (Å²) in [5.74, 6) is 1.07. The lowest BCUT2D eigenvalue weighted by Gasteiger charge is -2.19. The lowest BCUT2D eigenvalue weighted by atomic mass is 10.0. The molecule has 0 aromatic carbocycles. The minimum Gasteiger partial charge on any atom is -0.466 e. The number of aliphatic hydroxyl groups is 1. The first kappa shape index (κ1) is 18.0. The molecule has 22 heavy (non-hydrogen) atoms. The fourth-order valence-electron chi connectivity index (χ4n) is 1.75. The topological polar surface area (TPSA) is 90.1 Å². The highest BCUT2D eigenvalue weighted by Crippen LogP contribution is 2.20.